The molecule has 0 bridgehead atoms. The second-order valence-corrected chi connectivity index (χ2v) is 6.30. The monoisotopic (exact) mass is 374 g/mol. The van der Waals surface area contributed by atoms with Gasteiger partial charge < -0.3 is 14.8 Å². The van der Waals surface area contributed by atoms with Crippen LogP contribution >= 0.6 is 0 Å². The van der Waals surface area contributed by atoms with Gasteiger partial charge in [-0.2, -0.15) is 5.26 Å². The standard InChI is InChI=1S/C22H22N4O2/c1-15(17-6-4-9-20(12-17)28-11-10-23)24-22-14-21(25-16(2)26-22)18-7-5-8-19(13-18)27-3/h4-9,12-15H,11H2,1-3H3,(H,24,25,26). The molecule has 0 aliphatic rings. The Morgan fingerprint density at radius 1 is 1.07 bits per heavy atom. The van der Waals surface area contributed by atoms with Crippen LogP contribution in [-0.4, -0.2) is 23.7 Å². The summed E-state index contributed by atoms with van der Waals surface area (Å²) in [5, 5.41) is 12.1. The molecule has 1 heterocycles. The lowest BCUT2D eigenvalue weighted by Crippen LogP contribution is -2.09. The van der Waals surface area contributed by atoms with Crippen LogP contribution in [0.2, 0.25) is 0 Å². The highest BCUT2D eigenvalue weighted by atomic mass is 16.5. The van der Waals surface area contributed by atoms with Gasteiger partial charge in [-0.1, -0.05) is 24.3 Å². The van der Waals surface area contributed by atoms with E-state index in [1.165, 1.54) is 0 Å². The van der Waals surface area contributed by atoms with Crippen molar-refractivity contribution in [1.29, 1.82) is 5.26 Å². The van der Waals surface area contributed by atoms with Gasteiger partial charge in [-0.25, -0.2) is 9.97 Å². The van der Waals surface area contributed by atoms with Gasteiger partial charge in [0.1, 0.15) is 29.2 Å². The number of nitriles is 1. The number of benzene rings is 2. The first-order valence-electron chi connectivity index (χ1n) is 8.95. The molecule has 3 aromatic rings. The molecule has 0 saturated heterocycles. The van der Waals surface area contributed by atoms with E-state index in [9.17, 15) is 0 Å². The summed E-state index contributed by atoms with van der Waals surface area (Å²) in [5.41, 5.74) is 2.83. The summed E-state index contributed by atoms with van der Waals surface area (Å²) in [6, 6.07) is 19.4. The number of nitrogens with zero attached hydrogens (tertiary/aromatic N) is 3. The molecule has 1 atom stereocenters. The minimum absolute atomic E-state index is 0.00176. The Morgan fingerprint density at radius 2 is 1.86 bits per heavy atom. The van der Waals surface area contributed by atoms with Gasteiger partial charge in [0.2, 0.25) is 0 Å². The molecule has 2 aromatic carbocycles. The lowest BCUT2D eigenvalue weighted by atomic mass is 10.1. The van der Waals surface area contributed by atoms with Crippen molar-refractivity contribution in [2.75, 3.05) is 19.0 Å². The maximum atomic E-state index is 8.67. The quantitative estimate of drug-likeness (QED) is 0.654. The fraction of sp³-hybridized carbons (Fsp3) is 0.227. The number of ether oxygens (including phenoxy) is 2. The largest absolute Gasteiger partial charge is 0.497 e. The third-order valence-electron chi connectivity index (χ3n) is 4.23. The van der Waals surface area contributed by atoms with E-state index in [-0.39, 0.29) is 12.6 Å². The Labute approximate surface area is 164 Å². The molecule has 142 valence electrons. The van der Waals surface area contributed by atoms with E-state index in [2.05, 4.69) is 15.3 Å². The van der Waals surface area contributed by atoms with Crippen LogP contribution in [0.1, 0.15) is 24.4 Å². The van der Waals surface area contributed by atoms with Crippen molar-refractivity contribution in [2.24, 2.45) is 0 Å². The van der Waals surface area contributed by atoms with Gasteiger partial charge in [0.15, 0.2) is 6.61 Å². The topological polar surface area (TPSA) is 80.1 Å². The zero-order chi connectivity index (χ0) is 19.9. The number of hydrogen-bond donors (Lipinski definition) is 1. The van der Waals surface area contributed by atoms with Gasteiger partial charge in [-0.05, 0) is 43.7 Å². The minimum atomic E-state index is -0.00176. The van der Waals surface area contributed by atoms with Crippen LogP contribution in [0, 0.1) is 18.3 Å². The number of aryl methyl sites for hydroxylation is 1. The Bertz CT molecular complexity index is 998. The summed E-state index contributed by atoms with van der Waals surface area (Å²) < 4.78 is 10.7. The molecule has 0 aliphatic carbocycles. The van der Waals surface area contributed by atoms with E-state index in [1.54, 1.807) is 7.11 Å². The molecule has 3 rings (SSSR count). The Balaban J connectivity index is 1.82. The van der Waals surface area contributed by atoms with Crippen LogP contribution in [-0.2, 0) is 0 Å². The highest BCUT2D eigenvalue weighted by Crippen LogP contribution is 2.26. The van der Waals surface area contributed by atoms with E-state index in [1.807, 2.05) is 74.5 Å². The summed E-state index contributed by atoms with van der Waals surface area (Å²) in [7, 11) is 1.65. The third kappa shape index (κ3) is 4.77. The second kappa shape index (κ2) is 8.87. The molecule has 0 amide bonds. The number of methoxy groups -OCH3 is 1. The maximum Gasteiger partial charge on any atom is 0.174 e. The fourth-order valence-electron chi connectivity index (χ4n) is 2.87. The molecule has 6 nitrogen and oxygen atoms in total. The summed E-state index contributed by atoms with van der Waals surface area (Å²) in [5.74, 6) is 2.87. The van der Waals surface area contributed by atoms with Gasteiger partial charge in [0, 0.05) is 11.6 Å². The molecule has 0 radical (unpaired) electrons. The predicted octanol–water partition coefficient (Wildman–Crippen LogP) is 4.54. The highest BCUT2D eigenvalue weighted by Gasteiger charge is 2.10. The Morgan fingerprint density at radius 3 is 2.64 bits per heavy atom. The van der Waals surface area contributed by atoms with Gasteiger partial charge in [0.05, 0.1) is 18.8 Å². The SMILES string of the molecule is COc1cccc(-c2cc(NC(C)c3cccc(OCC#N)c3)nc(C)n2)c1. The number of rotatable bonds is 7. The lowest BCUT2D eigenvalue weighted by Gasteiger charge is -2.17. The first-order valence-corrected chi connectivity index (χ1v) is 8.95. The molecular formula is C22H22N4O2. The molecule has 0 aliphatic heterocycles. The highest BCUT2D eigenvalue weighted by molar-refractivity contribution is 5.64. The van der Waals surface area contributed by atoms with Crippen LogP contribution in [0.15, 0.2) is 54.6 Å². The summed E-state index contributed by atoms with van der Waals surface area (Å²) >= 11 is 0. The maximum absolute atomic E-state index is 8.67. The molecular weight excluding hydrogens is 352 g/mol. The fourth-order valence-corrected chi connectivity index (χ4v) is 2.87. The Kier molecular flexibility index (Phi) is 6.07. The summed E-state index contributed by atoms with van der Waals surface area (Å²) in [4.78, 5) is 9.06. The first-order chi connectivity index (χ1) is 13.6. The average Bonchev–Trinajstić information content (AvgIpc) is 2.72. The zero-order valence-electron chi connectivity index (χ0n) is 16.1. The van der Waals surface area contributed by atoms with Gasteiger partial charge in [-0.15, -0.1) is 0 Å². The first kappa shape index (κ1) is 19.2. The molecule has 0 fully saturated rings. The van der Waals surface area contributed by atoms with Crippen molar-refractivity contribution in [1.82, 2.24) is 9.97 Å². The van der Waals surface area contributed by atoms with Crippen LogP contribution in [0.5, 0.6) is 11.5 Å². The van der Waals surface area contributed by atoms with Crippen molar-refractivity contribution in [3.63, 3.8) is 0 Å². The van der Waals surface area contributed by atoms with E-state index in [0.29, 0.717) is 11.6 Å². The van der Waals surface area contributed by atoms with Gasteiger partial charge in [0.25, 0.3) is 0 Å². The van der Waals surface area contributed by atoms with Crippen molar-refractivity contribution in [3.05, 3.63) is 66.0 Å². The molecule has 0 spiro atoms. The molecule has 1 aromatic heterocycles. The summed E-state index contributed by atoms with van der Waals surface area (Å²) in [6.07, 6.45) is 0. The summed E-state index contributed by atoms with van der Waals surface area (Å²) in [6.45, 7) is 3.95. The predicted molar refractivity (Wildman–Crippen MR) is 108 cm³/mol. The van der Waals surface area contributed by atoms with E-state index >= 15 is 0 Å². The third-order valence-corrected chi connectivity index (χ3v) is 4.23. The number of nitrogens with one attached hydrogen (secondary N) is 1. The van der Waals surface area contributed by atoms with Crippen LogP contribution in [0.4, 0.5) is 5.82 Å². The molecule has 28 heavy (non-hydrogen) atoms. The average molecular weight is 374 g/mol. The van der Waals surface area contributed by atoms with Gasteiger partial charge >= 0.3 is 0 Å². The van der Waals surface area contributed by atoms with Crippen molar-refractivity contribution >= 4 is 5.82 Å². The van der Waals surface area contributed by atoms with E-state index in [4.69, 9.17) is 14.7 Å². The number of hydrogen-bond acceptors (Lipinski definition) is 6. The van der Waals surface area contributed by atoms with Crippen molar-refractivity contribution in [2.45, 2.75) is 19.9 Å². The Hall–Kier alpha value is -3.59. The smallest absolute Gasteiger partial charge is 0.174 e. The van der Waals surface area contributed by atoms with Crippen molar-refractivity contribution < 1.29 is 9.47 Å². The second-order valence-electron chi connectivity index (χ2n) is 6.30. The van der Waals surface area contributed by atoms with Gasteiger partial charge in [-0.3, -0.25) is 0 Å². The zero-order valence-corrected chi connectivity index (χ0v) is 16.1. The number of anilines is 1. The molecule has 6 heteroatoms. The van der Waals surface area contributed by atoms with E-state index in [0.717, 1.165) is 28.4 Å². The number of aromatic nitrogens is 2. The molecule has 1 unspecified atom stereocenters. The van der Waals surface area contributed by atoms with E-state index < -0.39 is 0 Å². The minimum Gasteiger partial charge on any atom is -0.497 e. The molecule has 0 saturated carbocycles. The lowest BCUT2D eigenvalue weighted by molar-refractivity contribution is 0.367. The van der Waals surface area contributed by atoms with Crippen LogP contribution in [0.3, 0.4) is 0 Å². The molecule has 1 N–H and O–H groups in total. The van der Waals surface area contributed by atoms with Crippen LogP contribution in [0.25, 0.3) is 11.3 Å². The normalized spacial score (nSPS) is 11.4. The van der Waals surface area contributed by atoms with Crippen molar-refractivity contribution in [3.8, 4) is 28.8 Å². The van der Waals surface area contributed by atoms with Crippen LogP contribution < -0.4 is 14.8 Å².